The fourth-order valence-electron chi connectivity index (χ4n) is 4.30. The Morgan fingerprint density at radius 3 is 2.70 bits per heavy atom. The van der Waals surface area contributed by atoms with Crippen LogP contribution in [0.2, 0.25) is 0 Å². The minimum absolute atomic E-state index is 0.00320. The van der Waals surface area contributed by atoms with Crippen LogP contribution in [0.4, 0.5) is 10.1 Å². The quantitative estimate of drug-likeness (QED) is 0.647. The maximum atomic E-state index is 14.6. The number of H-pyrrole nitrogens is 1. The third-order valence-corrected chi connectivity index (χ3v) is 7.30. The van der Waals surface area contributed by atoms with Crippen LogP contribution in [0.25, 0.3) is 10.9 Å². The molecule has 0 radical (unpaired) electrons. The van der Waals surface area contributed by atoms with Crippen molar-refractivity contribution in [3.05, 3.63) is 34.1 Å². The number of aliphatic hydroxyl groups is 1. The van der Waals surface area contributed by atoms with E-state index in [2.05, 4.69) is 15.3 Å². The number of carbonyl (C=O) groups is 1. The van der Waals surface area contributed by atoms with Crippen LogP contribution in [0, 0.1) is 5.82 Å². The van der Waals surface area contributed by atoms with E-state index in [4.69, 9.17) is 5.11 Å². The summed E-state index contributed by atoms with van der Waals surface area (Å²) in [6.07, 6.45) is 6.18. The lowest BCUT2D eigenvalue weighted by atomic mass is 10.1. The third-order valence-electron chi connectivity index (χ3n) is 5.92. The number of likely N-dealkylation sites (tertiary alicyclic amines) is 1. The summed E-state index contributed by atoms with van der Waals surface area (Å²) >= 11 is 1.68. The van der Waals surface area contributed by atoms with Crippen LogP contribution in [0.3, 0.4) is 0 Å². The Kier molecular flexibility index (Phi) is 6.58. The Balaban J connectivity index is 1.44. The molecule has 1 aromatic carbocycles. The number of aromatic nitrogens is 2. The van der Waals surface area contributed by atoms with E-state index in [9.17, 15) is 14.0 Å². The van der Waals surface area contributed by atoms with Gasteiger partial charge in [0.25, 0.3) is 5.56 Å². The zero-order valence-electron chi connectivity index (χ0n) is 16.8. The molecule has 0 bridgehead atoms. The number of nitrogens with zero attached hydrogens (tertiary/aromatic N) is 2. The predicted molar refractivity (Wildman–Crippen MR) is 116 cm³/mol. The van der Waals surface area contributed by atoms with Crippen molar-refractivity contribution in [2.45, 2.75) is 55.6 Å². The summed E-state index contributed by atoms with van der Waals surface area (Å²) in [7, 11) is 0. The Morgan fingerprint density at radius 1 is 1.27 bits per heavy atom. The minimum Gasteiger partial charge on any atom is -0.387 e. The molecule has 0 spiro atoms. The van der Waals surface area contributed by atoms with Gasteiger partial charge >= 0.3 is 0 Å². The summed E-state index contributed by atoms with van der Waals surface area (Å²) < 4.78 is 14.6. The number of hydrogen-bond donors (Lipinski definition) is 3. The van der Waals surface area contributed by atoms with E-state index in [1.165, 1.54) is 18.9 Å². The average Bonchev–Trinajstić information content (AvgIpc) is 3.24. The van der Waals surface area contributed by atoms with E-state index in [-0.39, 0.29) is 11.3 Å². The molecule has 2 aromatic rings. The highest BCUT2D eigenvalue weighted by atomic mass is 32.2. The predicted octanol–water partition coefficient (Wildman–Crippen LogP) is 2.63. The van der Waals surface area contributed by atoms with Crippen molar-refractivity contribution in [3.8, 4) is 0 Å². The van der Waals surface area contributed by atoms with Gasteiger partial charge in [-0.2, -0.15) is 11.8 Å². The largest absolute Gasteiger partial charge is 0.387 e. The molecule has 4 rings (SSSR count). The molecular weight excluding hydrogens is 407 g/mol. The van der Waals surface area contributed by atoms with Gasteiger partial charge in [-0.25, -0.2) is 9.37 Å². The molecule has 9 heteroatoms. The summed E-state index contributed by atoms with van der Waals surface area (Å²) in [5, 5.41) is 12.7. The van der Waals surface area contributed by atoms with Gasteiger partial charge < -0.3 is 20.3 Å². The standard InChI is InChI=1S/C21H27FN4O3S/c22-16-9-14(23-13-3-1-2-4-13)10-17-20(16)21(29)25-18(24-17)12-30-15-5-7-26(8-6-15)19(28)11-27/h9-10,13,15,23,27H,1-8,11-12H2,(H,24,25,29). The minimum atomic E-state index is -0.554. The first kappa shape index (κ1) is 21.1. The summed E-state index contributed by atoms with van der Waals surface area (Å²) in [6.45, 7) is 0.800. The number of piperidine rings is 1. The molecule has 1 saturated carbocycles. The van der Waals surface area contributed by atoms with Gasteiger partial charge in [-0.05, 0) is 37.8 Å². The summed E-state index contributed by atoms with van der Waals surface area (Å²) in [6, 6.07) is 3.49. The monoisotopic (exact) mass is 434 g/mol. The molecular formula is C21H27FN4O3S. The molecule has 2 aliphatic rings. The van der Waals surface area contributed by atoms with Gasteiger partial charge in [0.1, 0.15) is 23.6 Å². The summed E-state index contributed by atoms with van der Waals surface area (Å²) in [5.74, 6) is 0.264. The van der Waals surface area contributed by atoms with Crippen molar-refractivity contribution in [2.24, 2.45) is 0 Å². The van der Waals surface area contributed by atoms with Crippen molar-refractivity contribution in [2.75, 3.05) is 25.0 Å². The summed E-state index contributed by atoms with van der Waals surface area (Å²) in [5.41, 5.74) is 0.589. The number of rotatable bonds is 6. The van der Waals surface area contributed by atoms with Gasteiger partial charge in [-0.3, -0.25) is 9.59 Å². The third kappa shape index (κ3) is 4.78. The van der Waals surface area contributed by atoms with E-state index in [1.807, 2.05) is 0 Å². The number of carbonyl (C=O) groups excluding carboxylic acids is 1. The van der Waals surface area contributed by atoms with Gasteiger partial charge in [0.05, 0.1) is 11.3 Å². The first-order valence-corrected chi connectivity index (χ1v) is 11.6. The molecule has 162 valence electrons. The van der Waals surface area contributed by atoms with Crippen LogP contribution >= 0.6 is 11.8 Å². The lowest BCUT2D eigenvalue weighted by Crippen LogP contribution is -2.40. The van der Waals surface area contributed by atoms with Gasteiger partial charge in [-0.15, -0.1) is 0 Å². The van der Waals surface area contributed by atoms with E-state index in [0.717, 1.165) is 25.7 Å². The summed E-state index contributed by atoms with van der Waals surface area (Å²) in [4.78, 5) is 32.9. The van der Waals surface area contributed by atoms with Gasteiger partial charge in [0.2, 0.25) is 5.91 Å². The lowest BCUT2D eigenvalue weighted by Gasteiger charge is -2.31. The van der Waals surface area contributed by atoms with Crippen LogP contribution in [-0.2, 0) is 10.5 Å². The van der Waals surface area contributed by atoms with E-state index >= 15 is 0 Å². The Hall–Kier alpha value is -2.13. The number of nitrogens with one attached hydrogen (secondary N) is 2. The smallest absolute Gasteiger partial charge is 0.261 e. The molecule has 0 atom stereocenters. The number of aromatic amines is 1. The normalized spacial score (nSPS) is 18.3. The molecule has 30 heavy (non-hydrogen) atoms. The number of anilines is 1. The molecule has 2 fully saturated rings. The molecule has 1 amide bonds. The maximum Gasteiger partial charge on any atom is 0.261 e. The van der Waals surface area contributed by atoms with E-state index in [1.54, 1.807) is 22.7 Å². The number of fused-ring (bicyclic) bond motifs is 1. The molecule has 1 aromatic heterocycles. The first-order valence-electron chi connectivity index (χ1n) is 10.5. The van der Waals surface area contributed by atoms with E-state index in [0.29, 0.717) is 47.2 Å². The molecule has 0 unspecified atom stereocenters. The first-order chi connectivity index (χ1) is 14.5. The zero-order chi connectivity index (χ0) is 21.1. The topological polar surface area (TPSA) is 98.3 Å². The second-order valence-corrected chi connectivity index (χ2v) is 9.33. The van der Waals surface area contributed by atoms with Crippen molar-refractivity contribution in [3.63, 3.8) is 0 Å². The maximum absolute atomic E-state index is 14.6. The van der Waals surface area contributed by atoms with Gasteiger partial charge in [0.15, 0.2) is 0 Å². The van der Waals surface area contributed by atoms with Crippen LogP contribution in [0.15, 0.2) is 16.9 Å². The molecule has 1 aliphatic heterocycles. The highest BCUT2D eigenvalue weighted by molar-refractivity contribution is 7.99. The molecule has 2 heterocycles. The Labute approximate surface area is 178 Å². The van der Waals surface area contributed by atoms with Crippen molar-refractivity contribution in [1.82, 2.24) is 14.9 Å². The van der Waals surface area contributed by atoms with Gasteiger partial charge in [0, 0.05) is 30.1 Å². The number of halogens is 1. The second-order valence-electron chi connectivity index (χ2n) is 8.04. The molecule has 3 N–H and O–H groups in total. The van der Waals surface area contributed by atoms with Crippen molar-refractivity contribution in [1.29, 1.82) is 0 Å². The van der Waals surface area contributed by atoms with Crippen LogP contribution in [0.5, 0.6) is 0 Å². The second kappa shape index (κ2) is 9.34. The fourth-order valence-corrected chi connectivity index (χ4v) is 5.37. The van der Waals surface area contributed by atoms with Crippen LogP contribution < -0.4 is 10.9 Å². The highest BCUT2D eigenvalue weighted by Gasteiger charge is 2.23. The Morgan fingerprint density at radius 2 is 2.00 bits per heavy atom. The number of amides is 1. The SMILES string of the molecule is O=C(CO)N1CCC(SCc2nc3cc(NC4CCCC4)cc(F)c3c(=O)[nH]2)CC1. The molecule has 1 saturated heterocycles. The average molecular weight is 435 g/mol. The number of aliphatic hydroxyl groups excluding tert-OH is 1. The fraction of sp³-hybridized carbons (Fsp3) is 0.571. The lowest BCUT2D eigenvalue weighted by molar-refractivity contribution is -0.134. The van der Waals surface area contributed by atoms with E-state index < -0.39 is 18.0 Å². The number of hydrogen-bond acceptors (Lipinski definition) is 6. The van der Waals surface area contributed by atoms with Crippen LogP contribution in [0.1, 0.15) is 44.3 Å². The van der Waals surface area contributed by atoms with Crippen LogP contribution in [-0.4, -0.2) is 56.9 Å². The number of benzene rings is 1. The van der Waals surface area contributed by atoms with Gasteiger partial charge in [-0.1, -0.05) is 12.8 Å². The number of thioether (sulfide) groups is 1. The Bertz CT molecular complexity index is 969. The zero-order valence-corrected chi connectivity index (χ0v) is 17.6. The highest BCUT2D eigenvalue weighted by Crippen LogP contribution is 2.27. The van der Waals surface area contributed by atoms with Crippen molar-refractivity contribution < 1.29 is 14.3 Å². The molecule has 1 aliphatic carbocycles. The molecule has 7 nitrogen and oxygen atoms in total. The van der Waals surface area contributed by atoms with Crippen molar-refractivity contribution >= 4 is 34.3 Å².